The van der Waals surface area contributed by atoms with E-state index >= 15 is 0 Å². The minimum absolute atomic E-state index is 0.0583. The van der Waals surface area contributed by atoms with E-state index in [0.717, 1.165) is 36.3 Å². The Labute approximate surface area is 159 Å². The summed E-state index contributed by atoms with van der Waals surface area (Å²) in [5.74, 6) is 1.78. The SMILES string of the molecule is CCc1ccc(C(=O)NC2CCN(C(=O)Cc3ccccc3OC)CC2)o1. The predicted molar refractivity (Wildman–Crippen MR) is 102 cm³/mol. The quantitative estimate of drug-likeness (QED) is 0.849. The maximum absolute atomic E-state index is 12.6. The van der Waals surface area contributed by atoms with E-state index in [1.807, 2.05) is 42.2 Å². The summed E-state index contributed by atoms with van der Waals surface area (Å²) in [6.45, 7) is 3.26. The van der Waals surface area contributed by atoms with Crippen LogP contribution in [0.1, 0.15) is 41.6 Å². The van der Waals surface area contributed by atoms with Crippen molar-refractivity contribution in [2.75, 3.05) is 20.2 Å². The molecular formula is C21H26N2O4. The van der Waals surface area contributed by atoms with E-state index in [1.54, 1.807) is 13.2 Å². The number of hydrogen-bond donors (Lipinski definition) is 1. The second-order valence-corrected chi connectivity index (χ2v) is 6.74. The number of rotatable bonds is 6. The van der Waals surface area contributed by atoms with Gasteiger partial charge in [-0.3, -0.25) is 9.59 Å². The lowest BCUT2D eigenvalue weighted by Crippen LogP contribution is -2.46. The van der Waals surface area contributed by atoms with Crippen LogP contribution in [0.15, 0.2) is 40.8 Å². The van der Waals surface area contributed by atoms with E-state index < -0.39 is 0 Å². The molecule has 3 rings (SSSR count). The fourth-order valence-corrected chi connectivity index (χ4v) is 3.34. The highest BCUT2D eigenvalue weighted by Gasteiger charge is 2.25. The van der Waals surface area contributed by atoms with E-state index in [9.17, 15) is 9.59 Å². The van der Waals surface area contributed by atoms with Gasteiger partial charge in [0.1, 0.15) is 11.5 Å². The second kappa shape index (κ2) is 8.75. The molecule has 1 aliphatic rings. The number of aryl methyl sites for hydroxylation is 1. The van der Waals surface area contributed by atoms with Gasteiger partial charge in [-0.25, -0.2) is 0 Å². The Kier molecular flexibility index (Phi) is 6.16. The Morgan fingerprint density at radius 1 is 1.19 bits per heavy atom. The highest BCUT2D eigenvalue weighted by molar-refractivity contribution is 5.91. The van der Waals surface area contributed by atoms with Gasteiger partial charge in [0.05, 0.1) is 13.5 Å². The van der Waals surface area contributed by atoms with Crippen LogP contribution in [-0.4, -0.2) is 43.0 Å². The first-order valence-electron chi connectivity index (χ1n) is 9.40. The van der Waals surface area contributed by atoms with Gasteiger partial charge in [-0.1, -0.05) is 25.1 Å². The van der Waals surface area contributed by atoms with Crippen LogP contribution in [0.25, 0.3) is 0 Å². The molecular weight excluding hydrogens is 344 g/mol. The third-order valence-corrected chi connectivity index (χ3v) is 4.95. The summed E-state index contributed by atoms with van der Waals surface area (Å²) in [5.41, 5.74) is 0.893. The highest BCUT2D eigenvalue weighted by Crippen LogP contribution is 2.20. The number of furan rings is 1. The summed E-state index contributed by atoms with van der Waals surface area (Å²) >= 11 is 0. The normalized spacial score (nSPS) is 14.8. The van der Waals surface area contributed by atoms with Crippen LogP contribution in [-0.2, 0) is 17.6 Å². The molecule has 2 aromatic rings. The number of amides is 2. The lowest BCUT2D eigenvalue weighted by molar-refractivity contribution is -0.131. The average molecular weight is 370 g/mol. The first kappa shape index (κ1) is 19.0. The van der Waals surface area contributed by atoms with E-state index in [4.69, 9.17) is 9.15 Å². The zero-order valence-electron chi connectivity index (χ0n) is 15.9. The molecule has 0 spiro atoms. The zero-order chi connectivity index (χ0) is 19.2. The molecule has 1 aliphatic heterocycles. The van der Waals surface area contributed by atoms with Crippen molar-refractivity contribution in [2.45, 2.75) is 38.6 Å². The smallest absolute Gasteiger partial charge is 0.287 e. The molecule has 1 N–H and O–H groups in total. The maximum Gasteiger partial charge on any atom is 0.287 e. The van der Waals surface area contributed by atoms with Crippen LogP contribution in [0.4, 0.5) is 0 Å². The van der Waals surface area contributed by atoms with Crippen LogP contribution >= 0.6 is 0 Å². The lowest BCUT2D eigenvalue weighted by Gasteiger charge is -2.32. The molecule has 27 heavy (non-hydrogen) atoms. The Hall–Kier alpha value is -2.76. The molecule has 2 amide bonds. The fraction of sp³-hybridized carbons (Fsp3) is 0.429. The summed E-state index contributed by atoms with van der Waals surface area (Å²) in [6.07, 6.45) is 2.57. The third kappa shape index (κ3) is 4.70. The molecule has 0 saturated carbocycles. The van der Waals surface area contributed by atoms with Gasteiger partial charge >= 0.3 is 0 Å². The van der Waals surface area contributed by atoms with Crippen LogP contribution in [0.2, 0.25) is 0 Å². The number of nitrogens with zero attached hydrogens (tertiary/aromatic N) is 1. The minimum atomic E-state index is -0.187. The Morgan fingerprint density at radius 3 is 2.59 bits per heavy atom. The topological polar surface area (TPSA) is 71.8 Å². The number of methoxy groups -OCH3 is 1. The molecule has 0 aliphatic carbocycles. The molecule has 1 aromatic heterocycles. The fourth-order valence-electron chi connectivity index (χ4n) is 3.34. The van der Waals surface area contributed by atoms with Crippen molar-refractivity contribution in [2.24, 2.45) is 0 Å². The van der Waals surface area contributed by atoms with Crippen molar-refractivity contribution in [1.29, 1.82) is 0 Å². The van der Waals surface area contributed by atoms with Gasteiger partial charge in [-0.2, -0.15) is 0 Å². The van der Waals surface area contributed by atoms with Crippen LogP contribution in [0.3, 0.4) is 0 Å². The molecule has 1 saturated heterocycles. The number of benzene rings is 1. The van der Waals surface area contributed by atoms with Crippen molar-refractivity contribution in [3.05, 3.63) is 53.5 Å². The first-order valence-corrected chi connectivity index (χ1v) is 9.40. The zero-order valence-corrected chi connectivity index (χ0v) is 15.9. The number of hydrogen-bond acceptors (Lipinski definition) is 4. The summed E-state index contributed by atoms with van der Waals surface area (Å²) in [6, 6.07) is 11.2. The average Bonchev–Trinajstić information content (AvgIpc) is 3.18. The monoisotopic (exact) mass is 370 g/mol. The largest absolute Gasteiger partial charge is 0.496 e. The first-order chi connectivity index (χ1) is 13.1. The molecule has 6 nitrogen and oxygen atoms in total. The van der Waals surface area contributed by atoms with Crippen LogP contribution in [0.5, 0.6) is 5.75 Å². The van der Waals surface area contributed by atoms with Crippen molar-refractivity contribution in [3.63, 3.8) is 0 Å². The third-order valence-electron chi connectivity index (χ3n) is 4.95. The second-order valence-electron chi connectivity index (χ2n) is 6.74. The highest BCUT2D eigenvalue weighted by atomic mass is 16.5. The van der Waals surface area contributed by atoms with E-state index in [2.05, 4.69) is 5.32 Å². The van der Waals surface area contributed by atoms with Gasteiger partial charge < -0.3 is 19.4 Å². The molecule has 0 bridgehead atoms. The molecule has 1 fully saturated rings. The Bertz CT molecular complexity index is 791. The maximum atomic E-state index is 12.6. The number of piperidine rings is 1. The van der Waals surface area contributed by atoms with Crippen molar-refractivity contribution in [1.82, 2.24) is 10.2 Å². The molecule has 0 unspecified atom stereocenters. The van der Waals surface area contributed by atoms with Crippen LogP contribution in [0, 0.1) is 0 Å². The predicted octanol–water partition coefficient (Wildman–Crippen LogP) is 2.81. The summed E-state index contributed by atoms with van der Waals surface area (Å²) in [7, 11) is 1.61. The summed E-state index contributed by atoms with van der Waals surface area (Å²) in [4.78, 5) is 26.7. The van der Waals surface area contributed by atoms with Gasteiger partial charge in [0, 0.05) is 31.1 Å². The standard InChI is InChI=1S/C21H26N2O4/c1-3-17-8-9-19(27-17)21(25)22-16-10-12-23(13-11-16)20(24)14-15-6-4-5-7-18(15)26-2/h4-9,16H,3,10-14H2,1-2H3,(H,22,25). The number of likely N-dealkylation sites (tertiary alicyclic amines) is 1. The number of para-hydroxylation sites is 1. The lowest BCUT2D eigenvalue weighted by atomic mass is 10.0. The number of carbonyl (C=O) groups is 2. The number of ether oxygens (including phenoxy) is 1. The molecule has 144 valence electrons. The van der Waals surface area contributed by atoms with Gasteiger partial charge in [-0.15, -0.1) is 0 Å². The van der Waals surface area contributed by atoms with E-state index in [0.29, 0.717) is 25.3 Å². The molecule has 1 aromatic carbocycles. The van der Waals surface area contributed by atoms with Crippen molar-refractivity contribution < 1.29 is 18.7 Å². The number of carbonyl (C=O) groups excluding carboxylic acids is 2. The summed E-state index contributed by atoms with van der Waals surface area (Å²) < 4.78 is 10.8. The molecule has 6 heteroatoms. The van der Waals surface area contributed by atoms with Gasteiger partial charge in [-0.05, 0) is 31.0 Å². The minimum Gasteiger partial charge on any atom is -0.496 e. The van der Waals surface area contributed by atoms with Crippen LogP contribution < -0.4 is 10.1 Å². The van der Waals surface area contributed by atoms with E-state index in [-0.39, 0.29) is 17.9 Å². The van der Waals surface area contributed by atoms with Gasteiger partial charge in [0.25, 0.3) is 5.91 Å². The Balaban J connectivity index is 1.49. The Morgan fingerprint density at radius 2 is 1.93 bits per heavy atom. The molecule has 0 atom stereocenters. The van der Waals surface area contributed by atoms with Crippen molar-refractivity contribution in [3.8, 4) is 5.75 Å². The molecule has 0 radical (unpaired) electrons. The van der Waals surface area contributed by atoms with Gasteiger partial charge in [0.15, 0.2) is 5.76 Å². The van der Waals surface area contributed by atoms with Gasteiger partial charge in [0.2, 0.25) is 5.91 Å². The van der Waals surface area contributed by atoms with Crippen molar-refractivity contribution >= 4 is 11.8 Å². The van der Waals surface area contributed by atoms with E-state index in [1.165, 1.54) is 0 Å². The number of nitrogens with one attached hydrogen (secondary N) is 1. The summed E-state index contributed by atoms with van der Waals surface area (Å²) in [5, 5.41) is 3.01. The molecule has 2 heterocycles.